The van der Waals surface area contributed by atoms with Crippen LogP contribution in [0.4, 0.5) is 5.69 Å². The molecule has 0 spiro atoms. The van der Waals surface area contributed by atoms with Gasteiger partial charge in [-0.2, -0.15) is 0 Å². The van der Waals surface area contributed by atoms with E-state index in [1.165, 1.54) is 11.1 Å². The first-order chi connectivity index (χ1) is 16.3. The Bertz CT molecular complexity index is 1190. The summed E-state index contributed by atoms with van der Waals surface area (Å²) >= 11 is 0. The van der Waals surface area contributed by atoms with Crippen LogP contribution in [0, 0.1) is 12.3 Å². The van der Waals surface area contributed by atoms with Gasteiger partial charge in [0.25, 0.3) is 0 Å². The maximum Gasteiger partial charge on any atom is 0.310 e. The van der Waals surface area contributed by atoms with Gasteiger partial charge in [-0.15, -0.1) is 0 Å². The highest BCUT2D eigenvalue weighted by atomic mass is 16.5. The largest absolute Gasteiger partial charge is 0.495 e. The van der Waals surface area contributed by atoms with E-state index < -0.39 is 11.4 Å². The summed E-state index contributed by atoms with van der Waals surface area (Å²) in [6.45, 7) is 2.84. The quantitative estimate of drug-likeness (QED) is 0.452. The van der Waals surface area contributed by atoms with Crippen molar-refractivity contribution in [1.29, 1.82) is 0 Å². The number of hydrogen-bond donors (Lipinski definition) is 1. The molecule has 0 radical (unpaired) electrons. The number of benzene rings is 3. The van der Waals surface area contributed by atoms with E-state index in [-0.39, 0.29) is 12.2 Å². The standard InChI is InChI=1S/C29H31NO4/c1-20-7-6-8-21(15-20)13-14-30(2)25-16-22(11-12-27(25)34-3)26(31)19-29(28(32)33)17-23-9-4-5-10-24(23)18-29/h4-12,15-16H,13-14,17-19H2,1-3H3,(H,32,33). The zero-order valence-electron chi connectivity index (χ0n) is 20.0. The molecule has 1 N–H and O–H groups in total. The Labute approximate surface area is 201 Å². The molecule has 0 atom stereocenters. The van der Waals surface area contributed by atoms with Gasteiger partial charge in [0.2, 0.25) is 0 Å². The smallest absolute Gasteiger partial charge is 0.310 e. The summed E-state index contributed by atoms with van der Waals surface area (Å²) in [5.74, 6) is -0.392. The summed E-state index contributed by atoms with van der Waals surface area (Å²) in [7, 11) is 3.60. The number of fused-ring (bicyclic) bond motifs is 1. The summed E-state index contributed by atoms with van der Waals surface area (Å²) in [6.07, 6.45) is 1.59. The van der Waals surface area contributed by atoms with Gasteiger partial charge in [-0.1, -0.05) is 54.1 Å². The highest BCUT2D eigenvalue weighted by Crippen LogP contribution is 2.41. The number of aliphatic carboxylic acids is 1. The van der Waals surface area contributed by atoms with Crippen LogP contribution in [-0.4, -0.2) is 37.6 Å². The summed E-state index contributed by atoms with van der Waals surface area (Å²) in [4.78, 5) is 27.7. The number of aryl methyl sites for hydroxylation is 1. The average molecular weight is 458 g/mol. The Morgan fingerprint density at radius 1 is 1.00 bits per heavy atom. The normalized spacial score (nSPS) is 13.9. The number of carbonyl (C=O) groups excluding carboxylic acids is 1. The van der Waals surface area contributed by atoms with E-state index in [0.717, 1.165) is 29.8 Å². The monoisotopic (exact) mass is 457 g/mol. The fourth-order valence-electron chi connectivity index (χ4n) is 4.90. The number of anilines is 1. The maximum atomic E-state index is 13.3. The first-order valence-electron chi connectivity index (χ1n) is 11.6. The van der Waals surface area contributed by atoms with E-state index in [2.05, 4.69) is 36.1 Å². The second-order valence-electron chi connectivity index (χ2n) is 9.35. The van der Waals surface area contributed by atoms with Gasteiger partial charge in [0, 0.05) is 25.6 Å². The molecule has 1 aliphatic rings. The summed E-state index contributed by atoms with van der Waals surface area (Å²) in [6, 6.07) is 21.5. The number of nitrogens with zero attached hydrogens (tertiary/aromatic N) is 1. The van der Waals surface area contributed by atoms with Crippen LogP contribution in [0.3, 0.4) is 0 Å². The van der Waals surface area contributed by atoms with Crippen molar-refractivity contribution in [2.45, 2.75) is 32.6 Å². The average Bonchev–Trinajstić information content (AvgIpc) is 3.21. The van der Waals surface area contributed by atoms with E-state index in [1.54, 1.807) is 19.2 Å². The van der Waals surface area contributed by atoms with E-state index in [9.17, 15) is 14.7 Å². The molecular weight excluding hydrogens is 426 g/mol. The molecule has 0 aromatic heterocycles. The van der Waals surface area contributed by atoms with Crippen LogP contribution in [-0.2, 0) is 24.1 Å². The van der Waals surface area contributed by atoms with Crippen molar-refractivity contribution in [3.8, 4) is 5.75 Å². The third-order valence-corrected chi connectivity index (χ3v) is 6.86. The lowest BCUT2D eigenvalue weighted by Gasteiger charge is -2.25. The van der Waals surface area contributed by atoms with Gasteiger partial charge in [0.15, 0.2) is 5.78 Å². The third-order valence-electron chi connectivity index (χ3n) is 6.86. The van der Waals surface area contributed by atoms with Crippen LogP contribution in [0.1, 0.15) is 39.0 Å². The van der Waals surface area contributed by atoms with Gasteiger partial charge < -0.3 is 14.7 Å². The Hall–Kier alpha value is -3.60. The molecule has 176 valence electrons. The highest BCUT2D eigenvalue weighted by molar-refractivity contribution is 6.00. The van der Waals surface area contributed by atoms with Crippen molar-refractivity contribution >= 4 is 17.4 Å². The molecule has 0 bridgehead atoms. The third kappa shape index (κ3) is 4.84. The molecule has 0 saturated heterocycles. The number of ketones is 1. The first-order valence-corrected chi connectivity index (χ1v) is 11.6. The number of Topliss-reactive ketones (excluding diaryl/α,β-unsaturated/α-hetero) is 1. The number of methoxy groups -OCH3 is 1. The van der Waals surface area contributed by atoms with Crippen LogP contribution in [0.2, 0.25) is 0 Å². The number of likely N-dealkylation sites (N-methyl/N-ethyl adjacent to an activating group) is 1. The van der Waals surface area contributed by atoms with Gasteiger partial charge in [0.1, 0.15) is 5.75 Å². The molecule has 0 unspecified atom stereocenters. The van der Waals surface area contributed by atoms with Gasteiger partial charge in [-0.05, 0) is 61.1 Å². The second kappa shape index (κ2) is 9.72. The molecule has 34 heavy (non-hydrogen) atoms. The highest BCUT2D eigenvalue weighted by Gasteiger charge is 2.45. The first kappa shape index (κ1) is 23.6. The molecule has 5 heteroatoms. The van der Waals surface area contributed by atoms with Crippen molar-refractivity contribution in [2.75, 3.05) is 25.6 Å². The van der Waals surface area contributed by atoms with Crippen molar-refractivity contribution < 1.29 is 19.4 Å². The molecule has 0 heterocycles. The minimum absolute atomic E-state index is 0.0320. The predicted molar refractivity (Wildman–Crippen MR) is 134 cm³/mol. The molecule has 0 amide bonds. The van der Waals surface area contributed by atoms with Crippen LogP contribution in [0.5, 0.6) is 5.75 Å². The van der Waals surface area contributed by atoms with E-state index in [1.807, 2.05) is 37.4 Å². The Morgan fingerprint density at radius 2 is 1.71 bits per heavy atom. The van der Waals surface area contributed by atoms with Crippen molar-refractivity contribution in [1.82, 2.24) is 0 Å². The zero-order valence-corrected chi connectivity index (χ0v) is 20.0. The Kier molecular flexibility index (Phi) is 6.73. The lowest BCUT2D eigenvalue weighted by Crippen LogP contribution is -2.34. The predicted octanol–water partition coefficient (Wildman–Crippen LogP) is 5.13. The van der Waals surface area contributed by atoms with Crippen LogP contribution >= 0.6 is 0 Å². The summed E-state index contributed by atoms with van der Waals surface area (Å²) in [5.41, 5.74) is 4.75. The minimum atomic E-state index is -1.10. The molecule has 5 nitrogen and oxygen atoms in total. The number of hydrogen-bond acceptors (Lipinski definition) is 4. The maximum absolute atomic E-state index is 13.3. The molecule has 3 aromatic carbocycles. The number of rotatable bonds is 9. The number of ether oxygens (including phenoxy) is 1. The second-order valence-corrected chi connectivity index (χ2v) is 9.35. The number of carboxylic acid groups (broad SMARTS) is 1. The van der Waals surface area contributed by atoms with Gasteiger partial charge >= 0.3 is 5.97 Å². The molecule has 3 aromatic rings. The van der Waals surface area contributed by atoms with Crippen LogP contribution in [0.15, 0.2) is 66.7 Å². The number of carbonyl (C=O) groups is 2. The molecule has 0 fully saturated rings. The minimum Gasteiger partial charge on any atom is -0.495 e. The summed E-state index contributed by atoms with van der Waals surface area (Å²) in [5, 5.41) is 10.1. The molecule has 0 saturated carbocycles. The van der Waals surface area contributed by atoms with Crippen LogP contribution < -0.4 is 9.64 Å². The van der Waals surface area contributed by atoms with Crippen molar-refractivity contribution in [3.05, 3.63) is 94.5 Å². The SMILES string of the molecule is COc1ccc(C(=O)CC2(C(=O)O)Cc3ccccc3C2)cc1N(C)CCc1cccc(C)c1. The lowest BCUT2D eigenvalue weighted by molar-refractivity contribution is -0.148. The van der Waals surface area contributed by atoms with E-state index in [4.69, 9.17) is 4.74 Å². The zero-order chi connectivity index (χ0) is 24.3. The topological polar surface area (TPSA) is 66.8 Å². The summed E-state index contributed by atoms with van der Waals surface area (Å²) < 4.78 is 5.56. The van der Waals surface area contributed by atoms with Gasteiger partial charge in [0.05, 0.1) is 18.2 Å². The van der Waals surface area contributed by atoms with Gasteiger partial charge in [-0.25, -0.2) is 0 Å². The van der Waals surface area contributed by atoms with Crippen molar-refractivity contribution in [3.63, 3.8) is 0 Å². The molecule has 0 aliphatic heterocycles. The van der Waals surface area contributed by atoms with Crippen LogP contribution in [0.25, 0.3) is 0 Å². The molecule has 4 rings (SSSR count). The molecule has 1 aliphatic carbocycles. The fourth-order valence-corrected chi connectivity index (χ4v) is 4.90. The lowest BCUT2D eigenvalue weighted by atomic mass is 9.79. The van der Waals surface area contributed by atoms with E-state index in [0.29, 0.717) is 24.2 Å². The number of carboxylic acids is 1. The Morgan fingerprint density at radius 3 is 2.32 bits per heavy atom. The van der Waals surface area contributed by atoms with E-state index >= 15 is 0 Å². The fraction of sp³-hybridized carbons (Fsp3) is 0.310. The molecular formula is C29H31NO4. The van der Waals surface area contributed by atoms with Crippen molar-refractivity contribution in [2.24, 2.45) is 5.41 Å². The van der Waals surface area contributed by atoms with Gasteiger partial charge in [-0.3, -0.25) is 9.59 Å². The Balaban J connectivity index is 1.53.